The Labute approximate surface area is 263 Å². The number of allylic oxidation sites excluding steroid dienone is 4. The van der Waals surface area contributed by atoms with Crippen LogP contribution in [0.3, 0.4) is 0 Å². The Morgan fingerprint density at radius 3 is 2.55 bits per heavy atom. The molecule has 1 aromatic heterocycles. The smallest absolute Gasteiger partial charge is 0.247 e. The van der Waals surface area contributed by atoms with Gasteiger partial charge in [-0.1, -0.05) is 40.5 Å². The van der Waals surface area contributed by atoms with Crippen molar-refractivity contribution in [2.24, 2.45) is 0 Å². The summed E-state index contributed by atoms with van der Waals surface area (Å²) in [5.41, 5.74) is 2.85. The Morgan fingerprint density at radius 1 is 1.09 bits per heavy atom. The van der Waals surface area contributed by atoms with Crippen molar-refractivity contribution in [1.82, 2.24) is 30.5 Å². The summed E-state index contributed by atoms with van der Waals surface area (Å²) in [5.74, 6) is -0.698. The van der Waals surface area contributed by atoms with Crippen LogP contribution in [0, 0.1) is 5.41 Å². The third-order valence-corrected chi connectivity index (χ3v) is 7.46. The predicted octanol–water partition coefficient (Wildman–Crippen LogP) is 3.06. The van der Waals surface area contributed by atoms with Gasteiger partial charge in [0.15, 0.2) is 5.15 Å². The number of nitrogens with one attached hydrogen (secondary N) is 3. The first-order valence-electron chi connectivity index (χ1n) is 13.4. The predicted molar refractivity (Wildman–Crippen MR) is 166 cm³/mol. The number of halogens is 2. The van der Waals surface area contributed by atoms with E-state index in [0.29, 0.717) is 33.4 Å². The number of rotatable bonds is 9. The van der Waals surface area contributed by atoms with Gasteiger partial charge in [-0.15, -0.1) is 5.10 Å². The molecule has 0 saturated carbocycles. The Kier molecular flexibility index (Phi) is 9.12. The molecule has 0 radical (unpaired) electrons. The van der Waals surface area contributed by atoms with Gasteiger partial charge in [0.25, 0.3) is 0 Å². The number of hydrogen-bond acceptors (Lipinski definition) is 8. The number of piperazine rings is 1. The molecule has 14 heteroatoms. The van der Waals surface area contributed by atoms with E-state index in [1.807, 2.05) is 0 Å². The monoisotopic (exact) mass is 634 g/mol. The van der Waals surface area contributed by atoms with Crippen LogP contribution in [-0.4, -0.2) is 76.6 Å². The SMILES string of the molecule is CN/C=C1/C=C(NC(=O)C(Cc2ccc(OC)cc2)N2CC(=O)N(c3cc(Cl)ccc3-n3cc(Cl)nn3)CC2=O)C=CC1=N. The zero-order chi connectivity index (χ0) is 31.4. The van der Waals surface area contributed by atoms with Gasteiger partial charge in [-0.3, -0.25) is 19.3 Å². The van der Waals surface area contributed by atoms with Crippen LogP contribution in [-0.2, 0) is 20.8 Å². The fourth-order valence-corrected chi connectivity index (χ4v) is 5.17. The zero-order valence-corrected chi connectivity index (χ0v) is 25.3. The Balaban J connectivity index is 1.44. The third-order valence-electron chi connectivity index (χ3n) is 7.05. The van der Waals surface area contributed by atoms with Crippen molar-refractivity contribution >= 4 is 52.3 Å². The number of carbonyl (C=O) groups is 3. The van der Waals surface area contributed by atoms with Crippen LogP contribution >= 0.6 is 23.2 Å². The molecule has 44 heavy (non-hydrogen) atoms. The van der Waals surface area contributed by atoms with Crippen LogP contribution < -0.4 is 20.3 Å². The molecule has 1 fully saturated rings. The molecule has 1 saturated heterocycles. The molecular formula is C30H28Cl2N8O4. The average Bonchev–Trinajstić information content (AvgIpc) is 3.44. The van der Waals surface area contributed by atoms with Crippen LogP contribution in [0.1, 0.15) is 5.56 Å². The van der Waals surface area contributed by atoms with E-state index in [2.05, 4.69) is 20.9 Å². The molecule has 0 bridgehead atoms. The van der Waals surface area contributed by atoms with Gasteiger partial charge >= 0.3 is 0 Å². The average molecular weight is 636 g/mol. The molecule has 226 valence electrons. The highest BCUT2D eigenvalue weighted by Crippen LogP contribution is 2.30. The lowest BCUT2D eigenvalue weighted by Gasteiger charge is -2.38. The molecule has 2 aromatic carbocycles. The molecular weight excluding hydrogens is 607 g/mol. The summed E-state index contributed by atoms with van der Waals surface area (Å²) < 4.78 is 6.64. The highest BCUT2D eigenvalue weighted by atomic mass is 35.5. The van der Waals surface area contributed by atoms with Crippen molar-refractivity contribution in [2.75, 3.05) is 32.1 Å². The fraction of sp³-hybridized carbons (Fsp3) is 0.200. The van der Waals surface area contributed by atoms with E-state index in [-0.39, 0.29) is 30.4 Å². The Bertz CT molecular complexity index is 1710. The van der Waals surface area contributed by atoms with E-state index in [9.17, 15) is 14.4 Å². The largest absolute Gasteiger partial charge is 0.497 e. The first-order chi connectivity index (χ1) is 21.2. The molecule has 1 atom stereocenters. The maximum atomic E-state index is 13.8. The van der Waals surface area contributed by atoms with E-state index in [1.54, 1.807) is 81.1 Å². The summed E-state index contributed by atoms with van der Waals surface area (Å²) in [6.07, 6.45) is 8.09. The second kappa shape index (κ2) is 13.1. The van der Waals surface area contributed by atoms with Gasteiger partial charge in [-0.25, -0.2) is 4.68 Å². The molecule has 3 aromatic rings. The van der Waals surface area contributed by atoms with E-state index in [0.717, 1.165) is 5.56 Å². The van der Waals surface area contributed by atoms with Crippen LogP contribution in [0.15, 0.2) is 84.4 Å². The number of benzene rings is 2. The van der Waals surface area contributed by atoms with Crippen LogP contribution in [0.5, 0.6) is 5.75 Å². The van der Waals surface area contributed by atoms with E-state index < -0.39 is 23.8 Å². The van der Waals surface area contributed by atoms with Crippen molar-refractivity contribution in [3.63, 3.8) is 0 Å². The van der Waals surface area contributed by atoms with Crippen molar-refractivity contribution in [1.29, 1.82) is 5.41 Å². The number of ether oxygens (including phenoxy) is 1. The normalized spacial score (nSPS) is 16.7. The lowest BCUT2D eigenvalue weighted by atomic mass is 10.0. The summed E-state index contributed by atoms with van der Waals surface area (Å²) in [5, 5.41) is 22.1. The number of nitrogens with zero attached hydrogens (tertiary/aromatic N) is 5. The van der Waals surface area contributed by atoms with Crippen molar-refractivity contribution in [3.05, 3.63) is 100 Å². The number of hydrogen-bond donors (Lipinski definition) is 3. The maximum Gasteiger partial charge on any atom is 0.247 e. The standard InChI is InChI=1S/C30H28Cl2N8O4/c1-34-14-19-12-21(6-9-23(19)33)35-30(43)26(11-18-3-7-22(44-2)8-4-18)39-17-28(41)38(16-29(39)42)25-13-20(31)5-10-24(25)40-15-27(32)36-37-40/h3-10,12-15,26,33-34H,11,16-17H2,1-2H3,(H,35,43)/b19-14-,33-23?. The number of anilines is 1. The summed E-state index contributed by atoms with van der Waals surface area (Å²) in [4.78, 5) is 43.8. The summed E-state index contributed by atoms with van der Waals surface area (Å²) in [6.45, 7) is -0.697. The molecule has 5 rings (SSSR count). The third kappa shape index (κ3) is 6.66. The summed E-state index contributed by atoms with van der Waals surface area (Å²) in [6, 6.07) is 10.9. The number of amides is 3. The van der Waals surface area contributed by atoms with Crippen molar-refractivity contribution < 1.29 is 19.1 Å². The van der Waals surface area contributed by atoms with Crippen LogP contribution in [0.25, 0.3) is 5.69 Å². The zero-order valence-electron chi connectivity index (χ0n) is 23.8. The fourth-order valence-electron chi connectivity index (χ4n) is 4.88. The number of aromatic nitrogens is 3. The first kappa shape index (κ1) is 30.5. The second-order valence-corrected chi connectivity index (χ2v) is 10.7. The molecule has 1 aliphatic carbocycles. The van der Waals surface area contributed by atoms with Gasteiger partial charge in [0, 0.05) is 36.0 Å². The summed E-state index contributed by atoms with van der Waals surface area (Å²) in [7, 11) is 3.27. The van der Waals surface area contributed by atoms with Gasteiger partial charge in [-0.05, 0) is 54.1 Å². The lowest BCUT2D eigenvalue weighted by molar-refractivity contribution is -0.145. The molecule has 1 unspecified atom stereocenters. The summed E-state index contributed by atoms with van der Waals surface area (Å²) >= 11 is 12.2. The van der Waals surface area contributed by atoms with Crippen LogP contribution in [0.2, 0.25) is 10.2 Å². The van der Waals surface area contributed by atoms with Crippen molar-refractivity contribution in [3.8, 4) is 11.4 Å². The molecule has 0 spiro atoms. The molecule has 3 amide bonds. The highest BCUT2D eigenvalue weighted by molar-refractivity contribution is 6.31. The highest BCUT2D eigenvalue weighted by Gasteiger charge is 2.39. The topological polar surface area (TPSA) is 146 Å². The minimum atomic E-state index is -1.03. The maximum absolute atomic E-state index is 13.8. The molecule has 12 nitrogen and oxygen atoms in total. The van der Waals surface area contributed by atoms with Gasteiger partial charge in [0.2, 0.25) is 17.7 Å². The molecule has 2 aliphatic rings. The van der Waals surface area contributed by atoms with E-state index >= 15 is 0 Å². The molecule has 3 N–H and O–H groups in total. The van der Waals surface area contributed by atoms with Gasteiger partial charge in [0.1, 0.15) is 24.9 Å². The first-order valence-corrected chi connectivity index (χ1v) is 14.2. The minimum Gasteiger partial charge on any atom is -0.497 e. The van der Waals surface area contributed by atoms with Gasteiger partial charge < -0.3 is 25.7 Å². The Hall–Kier alpha value is -4.94. The number of methoxy groups -OCH3 is 1. The van der Waals surface area contributed by atoms with Gasteiger partial charge in [-0.2, -0.15) is 0 Å². The van der Waals surface area contributed by atoms with Crippen molar-refractivity contribution in [2.45, 2.75) is 12.5 Å². The lowest BCUT2D eigenvalue weighted by Crippen LogP contribution is -2.60. The quantitative estimate of drug-likeness (QED) is 0.328. The number of carbonyl (C=O) groups excluding carboxylic acids is 3. The molecule has 2 heterocycles. The van der Waals surface area contributed by atoms with E-state index in [1.165, 1.54) is 20.7 Å². The van der Waals surface area contributed by atoms with Gasteiger partial charge in [0.05, 0.1) is 30.4 Å². The second-order valence-electron chi connectivity index (χ2n) is 9.91. The van der Waals surface area contributed by atoms with E-state index in [4.69, 9.17) is 33.3 Å². The Morgan fingerprint density at radius 2 is 1.86 bits per heavy atom. The minimum absolute atomic E-state index is 0.140. The molecule has 1 aliphatic heterocycles. The van der Waals surface area contributed by atoms with Crippen LogP contribution in [0.4, 0.5) is 5.69 Å².